The molecule has 3 N–H and O–H groups in total. The molecule has 2 aromatic rings. The Balaban J connectivity index is 1.52. The lowest BCUT2D eigenvalue weighted by molar-refractivity contribution is -0.145. The van der Waals surface area contributed by atoms with Crippen LogP contribution in [0.2, 0.25) is 0 Å². The fourth-order valence-electron chi connectivity index (χ4n) is 4.44. The number of fused-ring (bicyclic) bond motifs is 1. The first-order chi connectivity index (χ1) is 17.0. The van der Waals surface area contributed by atoms with Crippen LogP contribution in [0.25, 0.3) is 0 Å². The van der Waals surface area contributed by atoms with E-state index < -0.39 is 23.2 Å². The Kier molecular flexibility index (Phi) is 9.77. The molecule has 1 aromatic carbocycles. The summed E-state index contributed by atoms with van der Waals surface area (Å²) >= 11 is 0. The van der Waals surface area contributed by atoms with Crippen LogP contribution in [0, 0.1) is 0 Å². The standard InChI is InChI=1S/C28H38F3N3O2/c1-27(2,32)19-36-25(35)18-22(21-10-7-12-23(17-21)28(29,30)31)9-5-3-4-6-13-24-15-14-20-11-8-16-33-26(20)34-24/h7,10,12,14-15,17,22H,3-6,8-9,11,13,16,18-19,32H2,1-2H3,(H,33,34)/t22-/m0/s1. The third-order valence-electron chi connectivity index (χ3n) is 6.39. The Morgan fingerprint density at radius 2 is 1.92 bits per heavy atom. The second-order valence-corrected chi connectivity index (χ2v) is 10.5. The van der Waals surface area contributed by atoms with Crippen molar-refractivity contribution in [1.82, 2.24) is 4.98 Å². The van der Waals surface area contributed by atoms with Crippen LogP contribution >= 0.6 is 0 Å². The first-order valence-electron chi connectivity index (χ1n) is 12.9. The number of rotatable bonds is 12. The van der Waals surface area contributed by atoms with Crippen LogP contribution in [-0.4, -0.2) is 29.6 Å². The monoisotopic (exact) mass is 505 g/mol. The van der Waals surface area contributed by atoms with E-state index in [0.717, 1.165) is 75.1 Å². The van der Waals surface area contributed by atoms with Crippen LogP contribution in [0.3, 0.4) is 0 Å². The number of hydrogen-bond donors (Lipinski definition) is 2. The third-order valence-corrected chi connectivity index (χ3v) is 6.39. The molecule has 3 rings (SSSR count). The summed E-state index contributed by atoms with van der Waals surface area (Å²) in [5.41, 5.74) is 7.39. The third kappa shape index (κ3) is 9.12. The van der Waals surface area contributed by atoms with Gasteiger partial charge in [0.05, 0.1) is 12.0 Å². The fraction of sp³-hybridized carbons (Fsp3) is 0.571. The first kappa shape index (κ1) is 28.0. The molecule has 1 atom stereocenters. The number of carbonyl (C=O) groups excluding carboxylic acids is 1. The maximum absolute atomic E-state index is 13.3. The summed E-state index contributed by atoms with van der Waals surface area (Å²) in [5, 5.41) is 3.36. The molecule has 2 heterocycles. The Bertz CT molecular complexity index is 1000. The van der Waals surface area contributed by atoms with Gasteiger partial charge in [-0.3, -0.25) is 4.79 Å². The molecule has 0 aliphatic carbocycles. The summed E-state index contributed by atoms with van der Waals surface area (Å²) in [6.45, 7) is 4.53. The summed E-state index contributed by atoms with van der Waals surface area (Å²) in [7, 11) is 0. The van der Waals surface area contributed by atoms with Gasteiger partial charge in [0, 0.05) is 17.8 Å². The van der Waals surface area contributed by atoms with Crippen LogP contribution in [-0.2, 0) is 28.5 Å². The highest BCUT2D eigenvalue weighted by atomic mass is 19.4. The van der Waals surface area contributed by atoms with Crippen molar-refractivity contribution in [3.63, 3.8) is 0 Å². The lowest BCUT2D eigenvalue weighted by Gasteiger charge is -2.21. The van der Waals surface area contributed by atoms with Crippen molar-refractivity contribution in [3.8, 4) is 0 Å². The van der Waals surface area contributed by atoms with Crippen LogP contribution in [0.15, 0.2) is 36.4 Å². The van der Waals surface area contributed by atoms with Gasteiger partial charge in [-0.05, 0) is 75.1 Å². The molecule has 0 fully saturated rings. The van der Waals surface area contributed by atoms with E-state index >= 15 is 0 Å². The zero-order valence-corrected chi connectivity index (χ0v) is 21.3. The number of unbranched alkanes of at least 4 members (excludes halogenated alkanes) is 3. The molecule has 0 radical (unpaired) electrons. The highest BCUT2D eigenvalue weighted by Crippen LogP contribution is 2.34. The summed E-state index contributed by atoms with van der Waals surface area (Å²) in [5.74, 6) is 0.227. The summed E-state index contributed by atoms with van der Waals surface area (Å²) in [6.07, 6.45) is 3.06. The van der Waals surface area contributed by atoms with E-state index in [2.05, 4.69) is 17.4 Å². The zero-order valence-electron chi connectivity index (χ0n) is 21.3. The van der Waals surface area contributed by atoms with E-state index in [0.29, 0.717) is 12.0 Å². The number of carbonyl (C=O) groups is 1. The number of anilines is 1. The SMILES string of the molecule is CC(C)(N)COC(=O)C[C@H](CCCCCCc1ccc2c(n1)NCCC2)c1cccc(C(F)(F)F)c1. The number of nitrogens with zero attached hydrogens (tertiary/aromatic N) is 1. The van der Waals surface area contributed by atoms with Gasteiger partial charge in [-0.15, -0.1) is 0 Å². The molecular formula is C28H38F3N3O2. The average Bonchev–Trinajstić information content (AvgIpc) is 2.83. The predicted octanol–water partition coefficient (Wildman–Crippen LogP) is 6.41. The van der Waals surface area contributed by atoms with E-state index in [1.165, 1.54) is 11.6 Å². The Hall–Kier alpha value is -2.61. The van der Waals surface area contributed by atoms with E-state index in [-0.39, 0.29) is 18.9 Å². The second-order valence-electron chi connectivity index (χ2n) is 10.5. The highest BCUT2D eigenvalue weighted by Gasteiger charge is 2.31. The molecule has 0 saturated heterocycles. The van der Waals surface area contributed by atoms with Gasteiger partial charge in [-0.25, -0.2) is 4.98 Å². The van der Waals surface area contributed by atoms with E-state index in [9.17, 15) is 18.0 Å². The Morgan fingerprint density at radius 1 is 1.14 bits per heavy atom. The number of pyridine rings is 1. The molecule has 0 saturated carbocycles. The molecule has 1 aromatic heterocycles. The molecule has 1 aliphatic heterocycles. The number of halogens is 3. The van der Waals surface area contributed by atoms with Gasteiger partial charge in [0.2, 0.25) is 0 Å². The zero-order chi connectivity index (χ0) is 26.2. The Morgan fingerprint density at radius 3 is 2.67 bits per heavy atom. The minimum atomic E-state index is -4.43. The second kappa shape index (κ2) is 12.6. The maximum atomic E-state index is 13.3. The number of aryl methyl sites for hydroxylation is 2. The van der Waals surface area contributed by atoms with Crippen molar-refractivity contribution < 1.29 is 22.7 Å². The van der Waals surface area contributed by atoms with Gasteiger partial charge < -0.3 is 15.8 Å². The molecule has 0 amide bonds. The molecule has 198 valence electrons. The molecule has 36 heavy (non-hydrogen) atoms. The van der Waals surface area contributed by atoms with Gasteiger partial charge >= 0.3 is 12.1 Å². The number of ether oxygens (including phenoxy) is 1. The van der Waals surface area contributed by atoms with Crippen LogP contribution in [0.4, 0.5) is 19.0 Å². The van der Waals surface area contributed by atoms with Crippen molar-refractivity contribution in [2.45, 2.75) is 89.3 Å². The van der Waals surface area contributed by atoms with E-state index in [1.807, 2.05) is 0 Å². The fourth-order valence-corrected chi connectivity index (χ4v) is 4.44. The molecule has 0 unspecified atom stereocenters. The number of esters is 1. The van der Waals surface area contributed by atoms with Crippen LogP contribution in [0.5, 0.6) is 0 Å². The molecule has 0 spiro atoms. The minimum Gasteiger partial charge on any atom is -0.464 e. The van der Waals surface area contributed by atoms with Crippen molar-refractivity contribution >= 4 is 11.8 Å². The number of nitrogens with one attached hydrogen (secondary N) is 1. The van der Waals surface area contributed by atoms with Gasteiger partial charge in [-0.1, -0.05) is 43.5 Å². The minimum absolute atomic E-state index is 0.0312. The van der Waals surface area contributed by atoms with Crippen molar-refractivity contribution in [3.05, 3.63) is 58.8 Å². The summed E-state index contributed by atoms with van der Waals surface area (Å²) < 4.78 is 45.1. The number of alkyl halides is 3. The lowest BCUT2D eigenvalue weighted by Crippen LogP contribution is -2.38. The quantitative estimate of drug-likeness (QED) is 0.258. The van der Waals surface area contributed by atoms with Gasteiger partial charge in [0.15, 0.2) is 0 Å². The smallest absolute Gasteiger partial charge is 0.416 e. The Labute approximate surface area is 212 Å². The predicted molar refractivity (Wildman–Crippen MR) is 136 cm³/mol. The summed E-state index contributed by atoms with van der Waals surface area (Å²) in [4.78, 5) is 17.2. The van der Waals surface area contributed by atoms with Crippen LogP contribution in [0.1, 0.15) is 87.1 Å². The first-order valence-corrected chi connectivity index (χ1v) is 12.9. The molecule has 0 bridgehead atoms. The highest BCUT2D eigenvalue weighted by molar-refractivity contribution is 5.70. The van der Waals surface area contributed by atoms with Crippen molar-refractivity contribution in [2.75, 3.05) is 18.5 Å². The lowest BCUT2D eigenvalue weighted by atomic mass is 9.89. The summed E-state index contributed by atoms with van der Waals surface area (Å²) in [6, 6.07) is 9.54. The number of hydrogen-bond acceptors (Lipinski definition) is 5. The number of aromatic nitrogens is 1. The molecular weight excluding hydrogens is 467 g/mol. The van der Waals surface area contributed by atoms with E-state index in [1.54, 1.807) is 19.9 Å². The maximum Gasteiger partial charge on any atom is 0.416 e. The largest absolute Gasteiger partial charge is 0.464 e. The molecule has 5 nitrogen and oxygen atoms in total. The molecule has 8 heteroatoms. The molecule has 1 aliphatic rings. The van der Waals surface area contributed by atoms with Gasteiger partial charge in [0.1, 0.15) is 12.4 Å². The van der Waals surface area contributed by atoms with Gasteiger partial charge in [-0.2, -0.15) is 13.2 Å². The normalized spacial score (nSPS) is 14.6. The van der Waals surface area contributed by atoms with Crippen molar-refractivity contribution in [1.29, 1.82) is 0 Å². The van der Waals surface area contributed by atoms with E-state index in [4.69, 9.17) is 15.5 Å². The van der Waals surface area contributed by atoms with Gasteiger partial charge in [0.25, 0.3) is 0 Å². The number of nitrogens with two attached hydrogens (primary N) is 1. The topological polar surface area (TPSA) is 77.2 Å². The van der Waals surface area contributed by atoms with Crippen LogP contribution < -0.4 is 11.1 Å². The van der Waals surface area contributed by atoms with Crippen molar-refractivity contribution in [2.24, 2.45) is 5.73 Å². The average molecular weight is 506 g/mol. The number of benzene rings is 1.